The first-order chi connectivity index (χ1) is 14.1. The Morgan fingerprint density at radius 2 is 1.90 bits per heavy atom. The summed E-state index contributed by atoms with van der Waals surface area (Å²) in [7, 11) is 0. The quantitative estimate of drug-likeness (QED) is 0.501. The van der Waals surface area contributed by atoms with E-state index in [4.69, 9.17) is 14.7 Å². The lowest BCUT2D eigenvalue weighted by Gasteiger charge is -2.18. The number of rotatable bonds is 9. The molecular formula is C21H22N4O4. The molecule has 0 saturated heterocycles. The largest absolute Gasteiger partial charge is 0.479 e. The molecule has 1 atom stereocenters. The summed E-state index contributed by atoms with van der Waals surface area (Å²) in [6.45, 7) is 1.93. The zero-order valence-corrected chi connectivity index (χ0v) is 16.0. The molecule has 0 unspecified atom stereocenters. The minimum atomic E-state index is -0.587. The summed E-state index contributed by atoms with van der Waals surface area (Å²) in [5.74, 6) is 0.212. The smallest absolute Gasteiger partial charge is 0.407 e. The van der Waals surface area contributed by atoms with E-state index in [1.165, 1.54) is 6.21 Å². The maximum atomic E-state index is 12.3. The Hall–Kier alpha value is -3.86. The van der Waals surface area contributed by atoms with E-state index in [2.05, 4.69) is 15.8 Å². The van der Waals surface area contributed by atoms with E-state index in [0.29, 0.717) is 5.75 Å². The molecular weight excluding hydrogens is 372 g/mol. The lowest BCUT2D eigenvalue weighted by Crippen LogP contribution is -2.33. The van der Waals surface area contributed by atoms with Gasteiger partial charge in [0.05, 0.1) is 25.3 Å². The van der Waals surface area contributed by atoms with Crippen molar-refractivity contribution in [3.8, 4) is 11.8 Å². The number of nitrogens with zero attached hydrogens (tertiary/aromatic N) is 2. The van der Waals surface area contributed by atoms with Crippen LogP contribution < -0.4 is 15.5 Å². The molecule has 0 aliphatic carbocycles. The van der Waals surface area contributed by atoms with E-state index in [0.717, 1.165) is 11.1 Å². The summed E-state index contributed by atoms with van der Waals surface area (Å²) in [5.41, 5.74) is 3.98. The van der Waals surface area contributed by atoms with E-state index in [1.54, 1.807) is 31.2 Å². The van der Waals surface area contributed by atoms with Gasteiger partial charge in [-0.25, -0.2) is 10.2 Å². The van der Waals surface area contributed by atoms with Crippen LogP contribution in [0.1, 0.15) is 30.5 Å². The van der Waals surface area contributed by atoms with Crippen molar-refractivity contribution in [1.82, 2.24) is 10.7 Å². The van der Waals surface area contributed by atoms with Crippen LogP contribution in [0.15, 0.2) is 59.7 Å². The highest BCUT2D eigenvalue weighted by Gasteiger charge is 2.18. The minimum Gasteiger partial charge on any atom is -0.479 e. The highest BCUT2D eigenvalue weighted by atomic mass is 16.5. The number of nitrogens with one attached hydrogen (secondary N) is 2. The average Bonchev–Trinajstić information content (AvgIpc) is 2.73. The predicted molar refractivity (Wildman–Crippen MR) is 107 cm³/mol. The molecule has 2 amide bonds. The van der Waals surface area contributed by atoms with Crippen molar-refractivity contribution in [3.05, 3.63) is 65.7 Å². The van der Waals surface area contributed by atoms with Crippen molar-refractivity contribution >= 4 is 18.2 Å². The third kappa shape index (κ3) is 7.72. The maximum Gasteiger partial charge on any atom is 0.407 e. The first-order valence-corrected chi connectivity index (χ1v) is 9.02. The number of nitriles is 1. The van der Waals surface area contributed by atoms with Crippen molar-refractivity contribution in [2.24, 2.45) is 5.10 Å². The number of benzene rings is 2. The first-order valence-electron chi connectivity index (χ1n) is 9.02. The summed E-state index contributed by atoms with van der Waals surface area (Å²) in [4.78, 5) is 24.0. The molecule has 0 spiro atoms. The maximum absolute atomic E-state index is 12.3. The molecule has 0 saturated carbocycles. The second kappa shape index (κ2) is 11.8. The molecule has 2 aromatic carbocycles. The van der Waals surface area contributed by atoms with Crippen LogP contribution in [-0.2, 0) is 9.53 Å². The third-order valence-corrected chi connectivity index (χ3v) is 3.75. The molecule has 0 heterocycles. The van der Waals surface area contributed by atoms with E-state index in [1.807, 2.05) is 36.4 Å². The van der Waals surface area contributed by atoms with Crippen molar-refractivity contribution in [2.45, 2.75) is 19.4 Å². The van der Waals surface area contributed by atoms with E-state index >= 15 is 0 Å². The van der Waals surface area contributed by atoms with Gasteiger partial charge in [-0.2, -0.15) is 10.4 Å². The van der Waals surface area contributed by atoms with Crippen molar-refractivity contribution in [1.29, 1.82) is 5.26 Å². The molecule has 0 bridgehead atoms. The second-order valence-electron chi connectivity index (χ2n) is 5.84. The van der Waals surface area contributed by atoms with Gasteiger partial charge in [0, 0.05) is 0 Å². The number of hydrogen-bond donors (Lipinski definition) is 2. The molecule has 0 aromatic heterocycles. The Morgan fingerprint density at radius 1 is 1.17 bits per heavy atom. The van der Waals surface area contributed by atoms with Crippen LogP contribution in [0.2, 0.25) is 0 Å². The normalized spacial score (nSPS) is 11.3. The van der Waals surface area contributed by atoms with Crippen molar-refractivity contribution in [3.63, 3.8) is 0 Å². The fourth-order valence-corrected chi connectivity index (χ4v) is 2.43. The number of amides is 2. The highest BCUT2D eigenvalue weighted by Crippen LogP contribution is 2.16. The third-order valence-electron chi connectivity index (χ3n) is 3.75. The second-order valence-corrected chi connectivity index (χ2v) is 5.84. The van der Waals surface area contributed by atoms with Gasteiger partial charge in [0.1, 0.15) is 11.8 Å². The van der Waals surface area contributed by atoms with Gasteiger partial charge in [0.2, 0.25) is 5.91 Å². The average molecular weight is 394 g/mol. The molecule has 0 fully saturated rings. The summed E-state index contributed by atoms with van der Waals surface area (Å²) in [6.07, 6.45) is 0.903. The van der Waals surface area contributed by atoms with E-state index in [-0.39, 0.29) is 25.5 Å². The zero-order valence-electron chi connectivity index (χ0n) is 16.0. The van der Waals surface area contributed by atoms with E-state index in [9.17, 15) is 9.59 Å². The first kappa shape index (κ1) is 21.4. The van der Waals surface area contributed by atoms with Crippen LogP contribution in [0, 0.1) is 11.3 Å². The molecule has 29 heavy (non-hydrogen) atoms. The molecule has 8 nitrogen and oxygen atoms in total. The van der Waals surface area contributed by atoms with Gasteiger partial charge >= 0.3 is 6.09 Å². The van der Waals surface area contributed by atoms with Crippen LogP contribution >= 0.6 is 0 Å². The number of alkyl carbamates (subject to hydrolysis) is 1. The Balaban J connectivity index is 1.92. The van der Waals surface area contributed by atoms with E-state index < -0.39 is 12.1 Å². The molecule has 0 aliphatic rings. The molecule has 8 heteroatoms. The van der Waals surface area contributed by atoms with Crippen LogP contribution in [0.25, 0.3) is 0 Å². The predicted octanol–water partition coefficient (Wildman–Crippen LogP) is 2.92. The van der Waals surface area contributed by atoms with Crippen molar-refractivity contribution < 1.29 is 19.1 Å². The monoisotopic (exact) mass is 394 g/mol. The van der Waals surface area contributed by atoms with Crippen LogP contribution in [0.5, 0.6) is 5.75 Å². The SMILES string of the molecule is CCOC(=O)N[C@H](CC(=O)N/N=C\c1ccc(OCC#N)cc1)c1ccccc1. The fourth-order valence-electron chi connectivity index (χ4n) is 2.43. The summed E-state index contributed by atoms with van der Waals surface area (Å²) >= 11 is 0. The zero-order chi connectivity index (χ0) is 20.9. The summed E-state index contributed by atoms with van der Waals surface area (Å²) < 4.78 is 10.1. The fraction of sp³-hybridized carbons (Fsp3) is 0.238. The Kier molecular flexibility index (Phi) is 8.70. The Labute approximate surface area is 169 Å². The van der Waals surface area contributed by atoms with Crippen LogP contribution in [-0.4, -0.2) is 31.4 Å². The van der Waals surface area contributed by atoms with Gasteiger partial charge in [-0.15, -0.1) is 0 Å². The van der Waals surface area contributed by atoms with Gasteiger partial charge in [-0.1, -0.05) is 30.3 Å². The molecule has 2 rings (SSSR count). The number of hydrazone groups is 1. The molecule has 0 radical (unpaired) electrons. The van der Waals surface area contributed by atoms with Gasteiger partial charge in [0.25, 0.3) is 0 Å². The number of carbonyl (C=O) groups is 2. The van der Waals surface area contributed by atoms with Crippen LogP contribution in [0.3, 0.4) is 0 Å². The highest BCUT2D eigenvalue weighted by molar-refractivity contribution is 5.83. The lowest BCUT2D eigenvalue weighted by molar-refractivity contribution is -0.121. The topological polar surface area (TPSA) is 113 Å². The summed E-state index contributed by atoms with van der Waals surface area (Å²) in [6, 6.07) is 17.4. The number of hydrogen-bond acceptors (Lipinski definition) is 6. The van der Waals surface area contributed by atoms with Gasteiger partial charge in [0.15, 0.2) is 6.61 Å². The van der Waals surface area contributed by atoms with Gasteiger partial charge in [-0.3, -0.25) is 4.79 Å². The van der Waals surface area contributed by atoms with Gasteiger partial charge in [-0.05, 0) is 42.3 Å². The number of ether oxygens (including phenoxy) is 2. The van der Waals surface area contributed by atoms with Crippen molar-refractivity contribution in [2.75, 3.05) is 13.2 Å². The number of carbonyl (C=O) groups excluding carboxylic acids is 2. The molecule has 2 aromatic rings. The summed E-state index contributed by atoms with van der Waals surface area (Å²) in [5, 5.41) is 15.1. The Bertz CT molecular complexity index is 860. The minimum absolute atomic E-state index is 0.00110. The lowest BCUT2D eigenvalue weighted by atomic mass is 10.0. The van der Waals surface area contributed by atoms with Crippen LogP contribution in [0.4, 0.5) is 4.79 Å². The molecule has 0 aliphatic heterocycles. The standard InChI is InChI=1S/C21H22N4O4/c1-2-28-21(27)24-19(17-6-4-3-5-7-17)14-20(26)25-23-15-16-8-10-18(11-9-16)29-13-12-22/h3-11,15,19H,2,13-14H2,1H3,(H,24,27)(H,25,26)/b23-15-/t19-/m1/s1. The molecule has 150 valence electrons. The molecule has 2 N–H and O–H groups in total. The van der Waals surface area contributed by atoms with Gasteiger partial charge < -0.3 is 14.8 Å². The Morgan fingerprint density at radius 3 is 2.55 bits per heavy atom.